The number of furan rings is 1. The van der Waals surface area contributed by atoms with Crippen molar-refractivity contribution >= 4 is 5.91 Å². The van der Waals surface area contributed by atoms with E-state index in [-0.39, 0.29) is 5.91 Å². The molecule has 1 unspecified atom stereocenters. The number of nitrogens with two attached hydrogens (primary N) is 1. The first-order valence-electron chi connectivity index (χ1n) is 6.65. The third-order valence-corrected chi connectivity index (χ3v) is 3.42. The van der Waals surface area contributed by atoms with Gasteiger partial charge in [0.05, 0.1) is 24.5 Å². The fourth-order valence-corrected chi connectivity index (χ4v) is 2.33. The summed E-state index contributed by atoms with van der Waals surface area (Å²) < 4.78 is 11.0. The van der Waals surface area contributed by atoms with Crippen LogP contribution in [0.1, 0.15) is 35.9 Å². The summed E-state index contributed by atoms with van der Waals surface area (Å²) in [5.74, 6) is 5.47. The molecule has 0 bridgehead atoms. The van der Waals surface area contributed by atoms with E-state index in [1.54, 1.807) is 6.07 Å². The van der Waals surface area contributed by atoms with Gasteiger partial charge in [0.15, 0.2) is 0 Å². The molecule has 1 aliphatic heterocycles. The number of rotatable bonds is 6. The molecular weight excluding hydrogens is 246 g/mol. The second-order valence-corrected chi connectivity index (χ2v) is 4.69. The van der Waals surface area contributed by atoms with Crippen LogP contribution in [0.3, 0.4) is 0 Å². The minimum atomic E-state index is -0.322. The molecule has 1 aromatic heterocycles. The van der Waals surface area contributed by atoms with E-state index in [1.807, 2.05) is 0 Å². The van der Waals surface area contributed by atoms with Gasteiger partial charge >= 0.3 is 0 Å². The average molecular weight is 267 g/mol. The summed E-state index contributed by atoms with van der Waals surface area (Å²) in [7, 11) is 0. The van der Waals surface area contributed by atoms with Gasteiger partial charge in [-0.05, 0) is 25.5 Å². The molecule has 1 aromatic rings. The van der Waals surface area contributed by atoms with Crippen LogP contribution >= 0.6 is 0 Å². The standard InChI is InChI=1S/C13H21N3O3/c1-2-16(8-10-4-3-6-18-10)9-12-11(5-7-19-12)13(17)15-14/h5,7,10H,2-4,6,8-9,14H2,1H3,(H,15,17). The number of carbonyl (C=O) groups is 1. The van der Waals surface area contributed by atoms with Crippen molar-refractivity contribution in [3.8, 4) is 0 Å². The molecule has 1 aliphatic rings. The Bertz CT molecular complexity index is 413. The highest BCUT2D eigenvalue weighted by molar-refractivity contribution is 5.94. The van der Waals surface area contributed by atoms with Gasteiger partial charge in [-0.15, -0.1) is 0 Å². The van der Waals surface area contributed by atoms with Crippen LogP contribution in [-0.2, 0) is 11.3 Å². The van der Waals surface area contributed by atoms with Crippen LogP contribution in [0.25, 0.3) is 0 Å². The minimum Gasteiger partial charge on any atom is -0.467 e. The van der Waals surface area contributed by atoms with Crippen LogP contribution in [0.2, 0.25) is 0 Å². The van der Waals surface area contributed by atoms with Crippen molar-refractivity contribution in [2.75, 3.05) is 19.7 Å². The van der Waals surface area contributed by atoms with Gasteiger partial charge in [-0.25, -0.2) is 5.84 Å². The van der Waals surface area contributed by atoms with E-state index in [2.05, 4.69) is 17.2 Å². The molecule has 0 spiro atoms. The molecule has 0 saturated carbocycles. The Kier molecular flexibility index (Phi) is 4.95. The van der Waals surface area contributed by atoms with Crippen LogP contribution in [0.4, 0.5) is 0 Å². The fraction of sp³-hybridized carbons (Fsp3) is 0.615. The molecule has 0 aliphatic carbocycles. The van der Waals surface area contributed by atoms with Gasteiger partial charge in [0.25, 0.3) is 5.91 Å². The molecule has 6 heteroatoms. The lowest BCUT2D eigenvalue weighted by molar-refractivity contribution is 0.0700. The zero-order valence-corrected chi connectivity index (χ0v) is 11.2. The topological polar surface area (TPSA) is 80.7 Å². The summed E-state index contributed by atoms with van der Waals surface area (Å²) in [5.41, 5.74) is 2.62. The summed E-state index contributed by atoms with van der Waals surface area (Å²) in [6.45, 7) is 5.27. The monoisotopic (exact) mass is 267 g/mol. The maximum Gasteiger partial charge on any atom is 0.268 e. The predicted molar refractivity (Wildman–Crippen MR) is 70.3 cm³/mol. The van der Waals surface area contributed by atoms with Crippen LogP contribution in [0.15, 0.2) is 16.7 Å². The zero-order chi connectivity index (χ0) is 13.7. The largest absolute Gasteiger partial charge is 0.467 e. The number of hydrazine groups is 1. The molecular formula is C13H21N3O3. The number of likely N-dealkylation sites (N-methyl/N-ethyl adjacent to an activating group) is 1. The highest BCUT2D eigenvalue weighted by atomic mass is 16.5. The van der Waals surface area contributed by atoms with Crippen LogP contribution in [-0.4, -0.2) is 36.6 Å². The van der Waals surface area contributed by atoms with E-state index in [4.69, 9.17) is 15.0 Å². The molecule has 1 saturated heterocycles. The summed E-state index contributed by atoms with van der Waals surface area (Å²) in [6, 6.07) is 1.64. The molecule has 19 heavy (non-hydrogen) atoms. The second-order valence-electron chi connectivity index (χ2n) is 4.69. The van der Waals surface area contributed by atoms with Crippen molar-refractivity contribution in [1.82, 2.24) is 10.3 Å². The summed E-state index contributed by atoms with van der Waals surface area (Å²) in [6.07, 6.45) is 4.04. The third-order valence-electron chi connectivity index (χ3n) is 3.42. The maximum atomic E-state index is 11.6. The first-order chi connectivity index (χ1) is 9.24. The van der Waals surface area contributed by atoms with Gasteiger partial charge in [-0.1, -0.05) is 6.92 Å². The van der Waals surface area contributed by atoms with E-state index >= 15 is 0 Å². The molecule has 3 N–H and O–H groups in total. The Morgan fingerprint density at radius 1 is 1.63 bits per heavy atom. The van der Waals surface area contributed by atoms with E-state index in [0.29, 0.717) is 24.0 Å². The molecule has 1 fully saturated rings. The number of hydrogen-bond acceptors (Lipinski definition) is 5. The molecule has 2 heterocycles. The maximum absolute atomic E-state index is 11.6. The van der Waals surface area contributed by atoms with Crippen LogP contribution in [0, 0.1) is 0 Å². The molecule has 2 rings (SSSR count). The quantitative estimate of drug-likeness (QED) is 0.454. The third kappa shape index (κ3) is 3.56. The summed E-state index contributed by atoms with van der Waals surface area (Å²) in [4.78, 5) is 13.8. The summed E-state index contributed by atoms with van der Waals surface area (Å²) in [5, 5.41) is 0. The first kappa shape index (κ1) is 14.0. The lowest BCUT2D eigenvalue weighted by Gasteiger charge is -2.22. The number of nitrogens with one attached hydrogen (secondary N) is 1. The molecule has 1 amide bonds. The lowest BCUT2D eigenvalue weighted by atomic mass is 10.2. The second kappa shape index (κ2) is 6.70. The highest BCUT2D eigenvalue weighted by Gasteiger charge is 2.21. The molecule has 0 radical (unpaired) electrons. The number of ether oxygens (including phenoxy) is 1. The Labute approximate surface area is 112 Å². The van der Waals surface area contributed by atoms with Gasteiger partial charge in [-0.2, -0.15) is 0 Å². The van der Waals surface area contributed by atoms with Crippen molar-refractivity contribution in [1.29, 1.82) is 0 Å². The van der Waals surface area contributed by atoms with Crippen LogP contribution < -0.4 is 11.3 Å². The summed E-state index contributed by atoms with van der Waals surface area (Å²) >= 11 is 0. The van der Waals surface area contributed by atoms with Crippen molar-refractivity contribution in [2.24, 2.45) is 5.84 Å². The van der Waals surface area contributed by atoms with Gasteiger partial charge in [0.2, 0.25) is 0 Å². The number of nitrogens with zero attached hydrogens (tertiary/aromatic N) is 1. The highest BCUT2D eigenvalue weighted by Crippen LogP contribution is 2.17. The Morgan fingerprint density at radius 2 is 2.47 bits per heavy atom. The van der Waals surface area contributed by atoms with E-state index in [0.717, 1.165) is 32.5 Å². The van der Waals surface area contributed by atoms with E-state index < -0.39 is 0 Å². The lowest BCUT2D eigenvalue weighted by Crippen LogP contribution is -2.33. The Hall–Kier alpha value is -1.37. The van der Waals surface area contributed by atoms with Gasteiger partial charge in [-0.3, -0.25) is 15.1 Å². The average Bonchev–Trinajstić information content (AvgIpc) is 3.08. The van der Waals surface area contributed by atoms with E-state index in [9.17, 15) is 4.79 Å². The number of amides is 1. The van der Waals surface area contributed by atoms with Crippen molar-refractivity contribution in [3.05, 3.63) is 23.7 Å². The Morgan fingerprint density at radius 3 is 3.11 bits per heavy atom. The minimum absolute atomic E-state index is 0.293. The van der Waals surface area contributed by atoms with Gasteiger partial charge in [0, 0.05) is 13.2 Å². The van der Waals surface area contributed by atoms with Crippen molar-refractivity contribution in [3.63, 3.8) is 0 Å². The molecule has 1 atom stereocenters. The van der Waals surface area contributed by atoms with Crippen LogP contribution in [0.5, 0.6) is 0 Å². The van der Waals surface area contributed by atoms with Gasteiger partial charge < -0.3 is 9.15 Å². The molecule has 106 valence electrons. The molecule has 6 nitrogen and oxygen atoms in total. The van der Waals surface area contributed by atoms with E-state index in [1.165, 1.54) is 6.26 Å². The van der Waals surface area contributed by atoms with Crippen molar-refractivity contribution < 1.29 is 13.9 Å². The predicted octanol–water partition coefficient (Wildman–Crippen LogP) is 0.884. The number of carbonyl (C=O) groups excluding carboxylic acids is 1. The number of nitrogen functional groups attached to an aromatic ring is 1. The smallest absolute Gasteiger partial charge is 0.268 e. The van der Waals surface area contributed by atoms with Crippen molar-refractivity contribution in [2.45, 2.75) is 32.4 Å². The number of hydrogen-bond donors (Lipinski definition) is 2. The fourth-order valence-electron chi connectivity index (χ4n) is 2.33. The molecule has 0 aromatic carbocycles. The normalized spacial score (nSPS) is 19.0. The first-order valence-corrected chi connectivity index (χ1v) is 6.65. The van der Waals surface area contributed by atoms with Gasteiger partial charge in [0.1, 0.15) is 5.76 Å². The zero-order valence-electron chi connectivity index (χ0n) is 11.2. The SMILES string of the molecule is CCN(Cc1occc1C(=O)NN)CC1CCCO1. The Balaban J connectivity index is 1.97.